The van der Waals surface area contributed by atoms with E-state index in [0.717, 1.165) is 18.5 Å². The molecule has 226 valence electrons. The minimum Gasteiger partial charge on any atom is -0.404 e. The Balaban J connectivity index is 1.67. The summed E-state index contributed by atoms with van der Waals surface area (Å²) in [6, 6.07) is 14.5. The summed E-state index contributed by atoms with van der Waals surface area (Å²) in [7, 11) is -3.56. The fourth-order valence-electron chi connectivity index (χ4n) is 4.40. The third-order valence-electron chi connectivity index (χ3n) is 6.32. The van der Waals surface area contributed by atoms with Crippen LogP contribution in [0.4, 0.5) is 32.0 Å². The molecule has 0 saturated carbocycles. The zero-order valence-electron chi connectivity index (χ0n) is 22.0. The van der Waals surface area contributed by atoms with Gasteiger partial charge in [-0.15, -0.1) is 18.7 Å². The van der Waals surface area contributed by atoms with E-state index in [1.165, 1.54) is 53.0 Å². The van der Waals surface area contributed by atoms with E-state index in [1.54, 1.807) is 24.3 Å². The number of nitrogens with zero attached hydrogens (tertiary/aromatic N) is 3. The number of benzene rings is 3. The first-order valence-corrected chi connectivity index (χ1v) is 14.4. The molecule has 1 aliphatic rings. The fraction of sp³-hybridized carbons (Fsp3) is 0.148. The van der Waals surface area contributed by atoms with Gasteiger partial charge in [0.15, 0.2) is 15.5 Å². The summed E-state index contributed by atoms with van der Waals surface area (Å²) >= 11 is 5.92. The van der Waals surface area contributed by atoms with Crippen molar-refractivity contribution in [1.82, 2.24) is 20.5 Å². The van der Waals surface area contributed by atoms with Gasteiger partial charge in [0.05, 0.1) is 27.0 Å². The first-order chi connectivity index (χ1) is 20.0. The van der Waals surface area contributed by atoms with Crippen LogP contribution in [0.3, 0.4) is 0 Å². The normalized spacial score (nSPS) is 14.1. The summed E-state index contributed by atoms with van der Waals surface area (Å²) in [5.41, 5.74) is 6.33. The Morgan fingerprint density at radius 2 is 1.60 bits per heavy atom. The van der Waals surface area contributed by atoms with Crippen LogP contribution >= 0.6 is 11.6 Å². The van der Waals surface area contributed by atoms with Crippen LogP contribution in [0.25, 0.3) is 22.5 Å². The summed E-state index contributed by atoms with van der Waals surface area (Å²) in [6.45, 7) is 1.38. The standard InChI is InChI=1S/C27H20ClF6N5O3S/c1-15-36-25(26(29,30)31)14-38(15)21-9-7-17(16-4-3-5-19(10-16)43(2,40)41)11-22(21)39-23(13-35-37-39)18-6-8-20(28)24(12-18)42-27(32,33)34/h3-14,35,37H,1-2H3. The number of anilines is 1. The summed E-state index contributed by atoms with van der Waals surface area (Å²) in [5, 5.41) is 1.10. The van der Waals surface area contributed by atoms with E-state index in [-0.39, 0.29) is 38.4 Å². The number of imidazole rings is 1. The molecular formula is C27H20ClF6N5O3S. The number of aromatic nitrogens is 2. The number of hydrogen-bond acceptors (Lipinski definition) is 7. The molecule has 16 heteroatoms. The first-order valence-electron chi connectivity index (χ1n) is 12.2. The van der Waals surface area contributed by atoms with E-state index in [1.807, 2.05) is 0 Å². The Bertz CT molecular complexity index is 1850. The second-order valence-electron chi connectivity index (χ2n) is 9.36. The van der Waals surface area contributed by atoms with Gasteiger partial charge in [-0.1, -0.05) is 35.9 Å². The van der Waals surface area contributed by atoms with Gasteiger partial charge in [-0.2, -0.15) is 13.2 Å². The van der Waals surface area contributed by atoms with Crippen molar-refractivity contribution in [2.24, 2.45) is 0 Å². The number of hydrazine groups is 2. The maximum Gasteiger partial charge on any atom is 0.573 e. The van der Waals surface area contributed by atoms with Gasteiger partial charge in [0, 0.05) is 24.2 Å². The predicted molar refractivity (Wildman–Crippen MR) is 147 cm³/mol. The molecule has 0 aliphatic carbocycles. The highest BCUT2D eigenvalue weighted by atomic mass is 35.5. The summed E-state index contributed by atoms with van der Waals surface area (Å²) in [4.78, 5) is 3.69. The lowest BCUT2D eigenvalue weighted by Gasteiger charge is -2.26. The van der Waals surface area contributed by atoms with Crippen molar-refractivity contribution in [3.63, 3.8) is 0 Å². The predicted octanol–water partition coefficient (Wildman–Crippen LogP) is 6.65. The van der Waals surface area contributed by atoms with Crippen molar-refractivity contribution in [3.05, 3.63) is 95.2 Å². The Hall–Kier alpha value is -4.21. The molecule has 1 aliphatic heterocycles. The number of halogens is 7. The quantitative estimate of drug-likeness (QED) is 0.228. The molecule has 3 aromatic carbocycles. The lowest BCUT2D eigenvalue weighted by Crippen LogP contribution is -2.37. The van der Waals surface area contributed by atoms with Crippen molar-refractivity contribution in [3.8, 4) is 22.6 Å². The minimum absolute atomic E-state index is 0.00504. The van der Waals surface area contributed by atoms with Gasteiger partial charge in [-0.25, -0.2) is 13.4 Å². The van der Waals surface area contributed by atoms with Crippen molar-refractivity contribution < 1.29 is 39.5 Å². The van der Waals surface area contributed by atoms with Crippen LogP contribution in [-0.4, -0.2) is 30.6 Å². The minimum atomic E-state index is -5.01. The SMILES string of the molecule is Cc1nc(C(F)(F)F)cn1-c1ccc(-c2cccc(S(C)(=O)=O)c2)cc1N1NNC=C1c1ccc(Cl)c(OC(F)(F)F)c1. The van der Waals surface area contributed by atoms with Crippen LogP contribution in [0.5, 0.6) is 5.75 Å². The lowest BCUT2D eigenvalue weighted by molar-refractivity contribution is -0.274. The van der Waals surface area contributed by atoms with Crippen molar-refractivity contribution >= 4 is 32.8 Å². The third kappa shape index (κ3) is 6.43. The van der Waals surface area contributed by atoms with Gasteiger partial charge < -0.3 is 14.7 Å². The first kappa shape index (κ1) is 30.3. The highest BCUT2D eigenvalue weighted by Gasteiger charge is 2.35. The molecule has 2 N–H and O–H groups in total. The number of alkyl halides is 6. The number of ether oxygens (including phenoxy) is 1. The second-order valence-corrected chi connectivity index (χ2v) is 11.8. The molecule has 0 atom stereocenters. The lowest BCUT2D eigenvalue weighted by atomic mass is 10.0. The Morgan fingerprint density at radius 3 is 2.26 bits per heavy atom. The summed E-state index contributed by atoms with van der Waals surface area (Å²) < 4.78 is 109. The van der Waals surface area contributed by atoms with E-state index >= 15 is 0 Å². The monoisotopic (exact) mass is 643 g/mol. The maximum absolute atomic E-state index is 13.5. The third-order valence-corrected chi connectivity index (χ3v) is 7.75. The number of sulfone groups is 1. The van der Waals surface area contributed by atoms with E-state index in [4.69, 9.17) is 11.6 Å². The maximum atomic E-state index is 13.5. The van der Waals surface area contributed by atoms with Gasteiger partial charge in [0.25, 0.3) is 0 Å². The molecule has 0 bridgehead atoms. The van der Waals surface area contributed by atoms with Gasteiger partial charge in [-0.3, -0.25) is 5.01 Å². The van der Waals surface area contributed by atoms with Crippen LogP contribution in [0.15, 0.2) is 78.0 Å². The molecule has 4 aromatic rings. The Labute approximate surface area is 246 Å². The van der Waals surface area contributed by atoms with Crippen LogP contribution in [-0.2, 0) is 16.0 Å². The van der Waals surface area contributed by atoms with Crippen LogP contribution in [0.1, 0.15) is 17.1 Å². The van der Waals surface area contributed by atoms with E-state index < -0.39 is 33.8 Å². The molecule has 0 fully saturated rings. The Morgan fingerprint density at radius 1 is 0.907 bits per heavy atom. The van der Waals surface area contributed by atoms with E-state index in [9.17, 15) is 34.8 Å². The summed E-state index contributed by atoms with van der Waals surface area (Å²) in [5.74, 6) is -0.656. The van der Waals surface area contributed by atoms with Crippen molar-refractivity contribution in [1.29, 1.82) is 0 Å². The molecule has 5 rings (SSSR count). The van der Waals surface area contributed by atoms with Crippen LogP contribution in [0, 0.1) is 6.92 Å². The molecule has 0 unspecified atom stereocenters. The number of nitrogens with one attached hydrogen (secondary N) is 2. The van der Waals surface area contributed by atoms with Gasteiger partial charge in [0.2, 0.25) is 0 Å². The zero-order valence-corrected chi connectivity index (χ0v) is 23.6. The molecular weight excluding hydrogens is 624 g/mol. The molecule has 8 nitrogen and oxygen atoms in total. The van der Waals surface area contributed by atoms with E-state index in [2.05, 4.69) is 20.7 Å². The van der Waals surface area contributed by atoms with Crippen LogP contribution < -0.4 is 20.7 Å². The smallest absolute Gasteiger partial charge is 0.404 e. The molecule has 0 saturated heterocycles. The fourth-order valence-corrected chi connectivity index (χ4v) is 5.23. The molecule has 0 radical (unpaired) electrons. The average Bonchev–Trinajstić information content (AvgIpc) is 3.55. The van der Waals surface area contributed by atoms with Gasteiger partial charge >= 0.3 is 12.5 Å². The molecule has 0 spiro atoms. The molecule has 1 aromatic heterocycles. The number of hydrogen-bond donors (Lipinski definition) is 2. The number of rotatable bonds is 6. The molecule has 43 heavy (non-hydrogen) atoms. The molecule has 2 heterocycles. The summed E-state index contributed by atoms with van der Waals surface area (Å²) in [6.07, 6.45) is -6.44. The van der Waals surface area contributed by atoms with Gasteiger partial charge in [-0.05, 0) is 54.4 Å². The second kappa shape index (κ2) is 10.8. The Kier molecular flexibility index (Phi) is 7.61. The zero-order chi connectivity index (χ0) is 31.3. The number of aryl methyl sites for hydroxylation is 1. The highest BCUT2D eigenvalue weighted by molar-refractivity contribution is 7.90. The van der Waals surface area contributed by atoms with Crippen molar-refractivity contribution in [2.45, 2.75) is 24.4 Å². The highest BCUT2D eigenvalue weighted by Crippen LogP contribution is 2.39. The van der Waals surface area contributed by atoms with Crippen LogP contribution in [0.2, 0.25) is 5.02 Å². The van der Waals surface area contributed by atoms with Gasteiger partial charge in [0.1, 0.15) is 11.6 Å². The average molecular weight is 644 g/mol. The topological polar surface area (TPSA) is 88.5 Å². The largest absolute Gasteiger partial charge is 0.573 e. The van der Waals surface area contributed by atoms with E-state index in [0.29, 0.717) is 11.1 Å². The van der Waals surface area contributed by atoms with Crippen molar-refractivity contribution in [2.75, 3.05) is 11.3 Å². The molecule has 0 amide bonds.